The third kappa shape index (κ3) is 4.44. The summed E-state index contributed by atoms with van der Waals surface area (Å²) in [6.07, 6.45) is 6.27. The van der Waals surface area contributed by atoms with Crippen molar-refractivity contribution in [2.45, 2.75) is 38.6 Å². The van der Waals surface area contributed by atoms with E-state index in [0.717, 1.165) is 30.9 Å². The van der Waals surface area contributed by atoms with Crippen LogP contribution in [0.4, 0.5) is 4.39 Å². The number of aryl methyl sites for hydroxylation is 1. The van der Waals surface area contributed by atoms with Gasteiger partial charge in [0, 0.05) is 19.1 Å². The number of aromatic nitrogens is 4. The highest BCUT2D eigenvalue weighted by Crippen LogP contribution is 2.28. The minimum absolute atomic E-state index is 0.111. The summed E-state index contributed by atoms with van der Waals surface area (Å²) in [6, 6.07) is 6.49. The molecule has 1 amide bonds. The highest BCUT2D eigenvalue weighted by molar-refractivity contribution is 6.18. The van der Waals surface area contributed by atoms with E-state index in [4.69, 9.17) is 0 Å². The van der Waals surface area contributed by atoms with Gasteiger partial charge in [-0.3, -0.25) is 4.79 Å². The van der Waals surface area contributed by atoms with Crippen LogP contribution in [0.5, 0.6) is 0 Å². The molecule has 0 radical (unpaired) electrons. The lowest BCUT2D eigenvalue weighted by Gasteiger charge is -2.33. The van der Waals surface area contributed by atoms with Gasteiger partial charge in [-0.2, -0.15) is 4.68 Å². The van der Waals surface area contributed by atoms with Gasteiger partial charge in [-0.15, -0.1) is 5.10 Å². The smallest absolute Gasteiger partial charge is 0.272 e. The van der Waals surface area contributed by atoms with Gasteiger partial charge in [-0.25, -0.2) is 4.39 Å². The molecule has 2 aromatic rings. The van der Waals surface area contributed by atoms with Gasteiger partial charge >= 0.3 is 0 Å². The number of hydrogen-bond acceptors (Lipinski definition) is 5. The molecule has 7 nitrogen and oxygen atoms in total. The largest absolute Gasteiger partial charge is 0.337 e. The van der Waals surface area contributed by atoms with Crippen molar-refractivity contribution in [2.75, 3.05) is 19.6 Å². The van der Waals surface area contributed by atoms with Gasteiger partial charge in [0.1, 0.15) is 11.5 Å². The van der Waals surface area contributed by atoms with Crippen LogP contribution in [-0.4, -0.2) is 56.7 Å². The Bertz CT molecular complexity index is 850. The van der Waals surface area contributed by atoms with Crippen LogP contribution in [0.15, 0.2) is 24.3 Å². The van der Waals surface area contributed by atoms with Crippen molar-refractivity contribution in [3.63, 3.8) is 0 Å². The average molecular weight is 384 g/mol. The van der Waals surface area contributed by atoms with Crippen LogP contribution in [0, 0.1) is 18.7 Å². The summed E-state index contributed by atoms with van der Waals surface area (Å²) < 4.78 is 14.7. The van der Waals surface area contributed by atoms with Gasteiger partial charge in [0.25, 0.3) is 5.91 Å². The number of nitrogens with one attached hydrogen (secondary N) is 1. The third-order valence-electron chi connectivity index (χ3n) is 5.42. The number of likely N-dealkylation sites (tertiary alicyclic amines) is 1. The van der Waals surface area contributed by atoms with Crippen molar-refractivity contribution in [3.05, 3.63) is 41.5 Å². The summed E-state index contributed by atoms with van der Waals surface area (Å²) in [7, 11) is 0. The minimum Gasteiger partial charge on any atom is -0.337 e. The summed E-state index contributed by atoms with van der Waals surface area (Å²) in [5.41, 5.74) is 1.10. The SMILES string of the molecule is Cc1nnnn1C(=Cc1ccc(F)cc1)C(=O)N1CCC(NCC2CC2)CC1. The lowest BCUT2D eigenvalue weighted by atomic mass is 10.0. The maximum absolute atomic E-state index is 13.2. The van der Waals surface area contributed by atoms with E-state index < -0.39 is 0 Å². The lowest BCUT2D eigenvalue weighted by molar-refractivity contribution is -0.126. The van der Waals surface area contributed by atoms with Crippen molar-refractivity contribution < 1.29 is 9.18 Å². The first-order chi connectivity index (χ1) is 13.6. The molecule has 1 saturated carbocycles. The third-order valence-corrected chi connectivity index (χ3v) is 5.42. The molecule has 28 heavy (non-hydrogen) atoms. The van der Waals surface area contributed by atoms with Crippen LogP contribution in [0.25, 0.3) is 11.8 Å². The summed E-state index contributed by atoms with van der Waals surface area (Å²) in [6.45, 7) is 4.24. The number of hydrogen-bond donors (Lipinski definition) is 1. The fraction of sp³-hybridized carbons (Fsp3) is 0.500. The number of piperidine rings is 1. The van der Waals surface area contributed by atoms with E-state index in [-0.39, 0.29) is 11.7 Å². The van der Waals surface area contributed by atoms with E-state index in [0.29, 0.717) is 30.7 Å². The Kier molecular flexibility index (Phi) is 5.47. The Balaban J connectivity index is 1.49. The second-order valence-electron chi connectivity index (χ2n) is 7.64. The predicted octanol–water partition coefficient (Wildman–Crippen LogP) is 2.11. The Hall–Kier alpha value is -2.61. The molecule has 148 valence electrons. The maximum atomic E-state index is 13.2. The van der Waals surface area contributed by atoms with Crippen LogP contribution in [-0.2, 0) is 4.79 Å². The molecule has 1 aliphatic carbocycles. The number of benzene rings is 1. The van der Waals surface area contributed by atoms with E-state index >= 15 is 0 Å². The maximum Gasteiger partial charge on any atom is 0.272 e. The topological polar surface area (TPSA) is 75.9 Å². The molecule has 2 heterocycles. The Labute approximate surface area is 163 Å². The number of halogens is 1. The molecule has 0 atom stereocenters. The first-order valence-corrected chi connectivity index (χ1v) is 9.85. The van der Waals surface area contributed by atoms with Crippen LogP contribution in [0.1, 0.15) is 37.1 Å². The zero-order valence-electron chi connectivity index (χ0n) is 16.0. The van der Waals surface area contributed by atoms with Crippen molar-refractivity contribution in [3.8, 4) is 0 Å². The highest BCUT2D eigenvalue weighted by Gasteiger charge is 2.28. The number of nitrogens with zero attached hydrogens (tertiary/aromatic N) is 5. The molecule has 2 aliphatic rings. The standard InChI is InChI=1S/C20H25FN6O/c1-14-23-24-25-27(14)19(12-15-4-6-17(21)7-5-15)20(28)26-10-8-18(9-11-26)22-13-16-2-3-16/h4-7,12,16,18,22H,2-3,8-11,13H2,1H3. The number of rotatable bonds is 6. The number of carbonyl (C=O) groups is 1. The lowest BCUT2D eigenvalue weighted by Crippen LogP contribution is -2.46. The van der Waals surface area contributed by atoms with E-state index in [2.05, 4.69) is 20.8 Å². The van der Waals surface area contributed by atoms with Gasteiger partial charge in [-0.1, -0.05) is 12.1 Å². The molecule has 0 bridgehead atoms. The molecule has 0 spiro atoms. The predicted molar refractivity (Wildman–Crippen MR) is 103 cm³/mol. The average Bonchev–Trinajstić information content (AvgIpc) is 3.45. The van der Waals surface area contributed by atoms with Gasteiger partial charge < -0.3 is 10.2 Å². The van der Waals surface area contributed by atoms with Gasteiger partial charge in [0.15, 0.2) is 5.82 Å². The molecular weight excluding hydrogens is 359 g/mol. The molecule has 2 fully saturated rings. The number of amides is 1. The zero-order chi connectivity index (χ0) is 19.5. The van der Waals surface area contributed by atoms with Crippen molar-refractivity contribution in [1.29, 1.82) is 0 Å². The van der Waals surface area contributed by atoms with Crippen molar-refractivity contribution >= 4 is 17.7 Å². The van der Waals surface area contributed by atoms with E-state index in [9.17, 15) is 9.18 Å². The van der Waals surface area contributed by atoms with E-state index in [1.54, 1.807) is 25.1 Å². The quantitative estimate of drug-likeness (QED) is 0.772. The van der Waals surface area contributed by atoms with Crippen LogP contribution in [0.3, 0.4) is 0 Å². The summed E-state index contributed by atoms with van der Waals surface area (Å²) >= 11 is 0. The van der Waals surface area contributed by atoms with Crippen LogP contribution in [0.2, 0.25) is 0 Å². The minimum atomic E-state index is -0.315. The fourth-order valence-corrected chi connectivity index (χ4v) is 3.49. The molecule has 1 aromatic carbocycles. The van der Waals surface area contributed by atoms with E-state index in [1.807, 2.05) is 4.90 Å². The summed E-state index contributed by atoms with van der Waals surface area (Å²) in [5, 5.41) is 15.2. The molecule has 1 N–H and O–H groups in total. The Morgan fingerprint density at radius 2 is 1.93 bits per heavy atom. The van der Waals surface area contributed by atoms with Gasteiger partial charge in [0.05, 0.1) is 0 Å². The second-order valence-corrected chi connectivity index (χ2v) is 7.64. The van der Waals surface area contributed by atoms with E-state index in [1.165, 1.54) is 29.7 Å². The van der Waals surface area contributed by atoms with Crippen molar-refractivity contribution in [2.24, 2.45) is 5.92 Å². The van der Waals surface area contributed by atoms with Crippen LogP contribution < -0.4 is 5.32 Å². The van der Waals surface area contributed by atoms with Gasteiger partial charge in [0.2, 0.25) is 0 Å². The number of carbonyl (C=O) groups excluding carboxylic acids is 1. The molecule has 4 rings (SSSR count). The first kappa shape index (κ1) is 18.7. The normalized spacial score (nSPS) is 18.5. The number of tetrazole rings is 1. The highest BCUT2D eigenvalue weighted by atomic mass is 19.1. The van der Waals surface area contributed by atoms with Crippen LogP contribution >= 0.6 is 0 Å². The fourth-order valence-electron chi connectivity index (χ4n) is 3.49. The second kappa shape index (κ2) is 8.18. The Morgan fingerprint density at radius 1 is 1.21 bits per heavy atom. The van der Waals surface area contributed by atoms with Crippen molar-refractivity contribution in [1.82, 2.24) is 30.4 Å². The Morgan fingerprint density at radius 3 is 2.54 bits per heavy atom. The molecule has 8 heteroatoms. The molecular formula is C20H25FN6O. The first-order valence-electron chi connectivity index (χ1n) is 9.85. The molecule has 0 unspecified atom stereocenters. The molecule has 1 aromatic heterocycles. The summed E-state index contributed by atoms with van der Waals surface area (Å²) in [4.78, 5) is 15.1. The molecule has 1 aliphatic heterocycles. The molecule has 1 saturated heterocycles. The monoisotopic (exact) mass is 384 g/mol. The summed E-state index contributed by atoms with van der Waals surface area (Å²) in [5.74, 6) is 0.958. The van der Waals surface area contributed by atoms with Gasteiger partial charge in [-0.05, 0) is 79.3 Å². The zero-order valence-corrected chi connectivity index (χ0v) is 16.0.